The van der Waals surface area contributed by atoms with Crippen LogP contribution in [0.1, 0.15) is 43.2 Å². The Morgan fingerprint density at radius 3 is 2.67 bits per heavy atom. The molecule has 1 aromatic carbocycles. The van der Waals surface area contributed by atoms with Crippen molar-refractivity contribution < 1.29 is 9.53 Å². The largest absolute Gasteiger partial charge is 0.493 e. The molecule has 1 aliphatic carbocycles. The molecule has 0 radical (unpaired) electrons. The highest BCUT2D eigenvalue weighted by molar-refractivity contribution is 5.79. The first-order chi connectivity index (χ1) is 11.8. The van der Waals surface area contributed by atoms with Gasteiger partial charge in [-0.3, -0.25) is 9.69 Å². The highest BCUT2D eigenvalue weighted by Gasteiger charge is 2.28. The van der Waals surface area contributed by atoms with Crippen LogP contribution in [0, 0.1) is 5.92 Å². The third-order valence-electron chi connectivity index (χ3n) is 5.80. The number of carbonyl (C=O) groups excluding carboxylic acids is 1. The topological polar surface area (TPSA) is 32.8 Å². The lowest BCUT2D eigenvalue weighted by Crippen LogP contribution is -2.50. The highest BCUT2D eigenvalue weighted by atomic mass is 16.5. The van der Waals surface area contributed by atoms with Crippen molar-refractivity contribution in [2.45, 2.75) is 45.1 Å². The molecule has 0 bridgehead atoms. The van der Waals surface area contributed by atoms with Crippen molar-refractivity contribution in [2.75, 3.05) is 32.8 Å². The van der Waals surface area contributed by atoms with Crippen molar-refractivity contribution in [3.8, 4) is 5.75 Å². The van der Waals surface area contributed by atoms with E-state index in [4.69, 9.17) is 4.74 Å². The second-order valence-corrected chi connectivity index (χ2v) is 7.48. The maximum atomic E-state index is 12.6. The molecule has 0 unspecified atom stereocenters. The minimum atomic E-state index is 0.307. The normalized spacial score (nSPS) is 22.2. The van der Waals surface area contributed by atoms with Crippen LogP contribution in [0.5, 0.6) is 5.75 Å². The molecule has 1 saturated heterocycles. The predicted molar refractivity (Wildman–Crippen MR) is 94.1 cm³/mol. The molecule has 1 saturated carbocycles. The number of hydrogen-bond donors (Lipinski definition) is 0. The quantitative estimate of drug-likeness (QED) is 0.855. The van der Waals surface area contributed by atoms with Crippen LogP contribution in [-0.2, 0) is 17.8 Å². The zero-order chi connectivity index (χ0) is 16.4. The van der Waals surface area contributed by atoms with Crippen LogP contribution in [0.2, 0.25) is 0 Å². The molecule has 4 nitrogen and oxygen atoms in total. The van der Waals surface area contributed by atoms with E-state index in [1.807, 2.05) is 0 Å². The van der Waals surface area contributed by atoms with Gasteiger partial charge in [0, 0.05) is 45.1 Å². The molecular weight excluding hydrogens is 300 g/mol. The Bertz CT molecular complexity index is 587. The van der Waals surface area contributed by atoms with E-state index in [1.54, 1.807) is 0 Å². The van der Waals surface area contributed by atoms with Gasteiger partial charge in [0.15, 0.2) is 0 Å². The van der Waals surface area contributed by atoms with E-state index >= 15 is 0 Å². The van der Waals surface area contributed by atoms with E-state index in [2.05, 4.69) is 28.0 Å². The minimum Gasteiger partial charge on any atom is -0.493 e. The molecule has 1 aromatic rings. The molecule has 4 rings (SSSR count). The summed E-state index contributed by atoms with van der Waals surface area (Å²) in [6, 6.07) is 6.59. The summed E-state index contributed by atoms with van der Waals surface area (Å²) in [7, 11) is 0. The smallest absolute Gasteiger partial charge is 0.225 e. The number of nitrogens with zero attached hydrogens (tertiary/aromatic N) is 2. The van der Waals surface area contributed by atoms with Crippen LogP contribution in [0.15, 0.2) is 18.2 Å². The van der Waals surface area contributed by atoms with Crippen molar-refractivity contribution in [1.82, 2.24) is 9.80 Å². The summed E-state index contributed by atoms with van der Waals surface area (Å²) in [5.41, 5.74) is 2.71. The summed E-state index contributed by atoms with van der Waals surface area (Å²) < 4.78 is 5.58. The third-order valence-corrected chi connectivity index (χ3v) is 5.80. The Hall–Kier alpha value is -1.55. The van der Waals surface area contributed by atoms with E-state index in [0.29, 0.717) is 11.8 Å². The first-order valence-corrected chi connectivity index (χ1v) is 9.55. The van der Waals surface area contributed by atoms with Crippen LogP contribution in [0.3, 0.4) is 0 Å². The zero-order valence-corrected chi connectivity index (χ0v) is 14.5. The lowest BCUT2D eigenvalue weighted by Gasteiger charge is -2.37. The first kappa shape index (κ1) is 15.9. The molecule has 2 fully saturated rings. The number of hydrogen-bond acceptors (Lipinski definition) is 3. The summed E-state index contributed by atoms with van der Waals surface area (Å²) >= 11 is 0. The van der Waals surface area contributed by atoms with Crippen LogP contribution in [-0.4, -0.2) is 48.5 Å². The Labute approximate surface area is 144 Å². The molecule has 0 spiro atoms. The van der Waals surface area contributed by atoms with Crippen molar-refractivity contribution in [3.05, 3.63) is 29.3 Å². The maximum absolute atomic E-state index is 12.6. The van der Waals surface area contributed by atoms with E-state index in [0.717, 1.165) is 64.3 Å². The van der Waals surface area contributed by atoms with Crippen molar-refractivity contribution in [1.29, 1.82) is 0 Å². The van der Waals surface area contributed by atoms with Gasteiger partial charge in [-0.15, -0.1) is 0 Å². The van der Waals surface area contributed by atoms with Gasteiger partial charge in [0.25, 0.3) is 0 Å². The van der Waals surface area contributed by atoms with Crippen molar-refractivity contribution in [2.24, 2.45) is 5.92 Å². The predicted octanol–water partition coefficient (Wildman–Crippen LogP) is 2.85. The van der Waals surface area contributed by atoms with Crippen LogP contribution in [0.25, 0.3) is 0 Å². The molecule has 0 N–H and O–H groups in total. The average molecular weight is 328 g/mol. The first-order valence-electron chi connectivity index (χ1n) is 9.55. The maximum Gasteiger partial charge on any atom is 0.225 e. The van der Waals surface area contributed by atoms with Crippen molar-refractivity contribution >= 4 is 5.91 Å². The fourth-order valence-corrected chi connectivity index (χ4v) is 4.33. The highest BCUT2D eigenvalue weighted by Crippen LogP contribution is 2.27. The molecule has 24 heavy (non-hydrogen) atoms. The SMILES string of the molecule is O=C(C1CCCCC1)N1CCN(Cc2ccc3c(c2)CCO3)CC1. The lowest BCUT2D eigenvalue weighted by molar-refractivity contribution is -0.138. The van der Waals surface area contributed by atoms with Crippen LogP contribution < -0.4 is 4.74 Å². The summed E-state index contributed by atoms with van der Waals surface area (Å²) in [6.45, 7) is 5.57. The Balaban J connectivity index is 1.29. The molecule has 4 heteroatoms. The molecule has 3 aliphatic rings. The van der Waals surface area contributed by atoms with E-state index in [-0.39, 0.29) is 0 Å². The number of amides is 1. The molecule has 130 valence electrons. The number of benzene rings is 1. The fourth-order valence-electron chi connectivity index (χ4n) is 4.33. The zero-order valence-electron chi connectivity index (χ0n) is 14.5. The van der Waals surface area contributed by atoms with Gasteiger partial charge < -0.3 is 9.64 Å². The third kappa shape index (κ3) is 3.44. The fraction of sp³-hybridized carbons (Fsp3) is 0.650. The van der Waals surface area contributed by atoms with E-state index < -0.39 is 0 Å². The molecule has 0 atom stereocenters. The van der Waals surface area contributed by atoms with Crippen LogP contribution in [0.4, 0.5) is 0 Å². The van der Waals surface area contributed by atoms with Crippen LogP contribution >= 0.6 is 0 Å². The van der Waals surface area contributed by atoms with Gasteiger partial charge in [-0.25, -0.2) is 0 Å². The van der Waals surface area contributed by atoms with Gasteiger partial charge in [0.05, 0.1) is 6.61 Å². The number of fused-ring (bicyclic) bond motifs is 1. The molecule has 2 heterocycles. The Kier molecular flexibility index (Phi) is 4.74. The number of ether oxygens (including phenoxy) is 1. The summed E-state index contributed by atoms with van der Waals surface area (Å²) in [4.78, 5) is 17.2. The van der Waals surface area contributed by atoms with Crippen molar-refractivity contribution in [3.63, 3.8) is 0 Å². The van der Waals surface area contributed by atoms with Gasteiger partial charge in [-0.05, 0) is 30.0 Å². The Morgan fingerprint density at radius 2 is 1.88 bits per heavy atom. The summed E-state index contributed by atoms with van der Waals surface area (Å²) in [5, 5.41) is 0. The molecule has 2 aliphatic heterocycles. The number of piperazine rings is 1. The van der Waals surface area contributed by atoms with Gasteiger partial charge in [0.1, 0.15) is 5.75 Å². The molecular formula is C20H28N2O2. The van der Waals surface area contributed by atoms with E-state index in [1.165, 1.54) is 30.4 Å². The average Bonchev–Trinajstić information content (AvgIpc) is 3.10. The molecule has 0 aromatic heterocycles. The summed E-state index contributed by atoms with van der Waals surface area (Å²) in [6.07, 6.45) is 7.03. The Morgan fingerprint density at radius 1 is 1.08 bits per heavy atom. The van der Waals surface area contributed by atoms with Gasteiger partial charge in [-0.2, -0.15) is 0 Å². The molecule has 1 amide bonds. The van der Waals surface area contributed by atoms with E-state index in [9.17, 15) is 4.79 Å². The van der Waals surface area contributed by atoms with Gasteiger partial charge >= 0.3 is 0 Å². The lowest BCUT2D eigenvalue weighted by atomic mass is 9.88. The van der Waals surface area contributed by atoms with Gasteiger partial charge in [0.2, 0.25) is 5.91 Å². The number of rotatable bonds is 3. The second-order valence-electron chi connectivity index (χ2n) is 7.48. The number of carbonyl (C=O) groups is 1. The second kappa shape index (κ2) is 7.14. The van der Waals surface area contributed by atoms with Gasteiger partial charge in [-0.1, -0.05) is 31.4 Å². The summed E-state index contributed by atoms with van der Waals surface area (Å²) in [5.74, 6) is 1.78. The standard InChI is InChI=1S/C20H28N2O2/c23-20(17-4-2-1-3-5-17)22-11-9-21(10-12-22)15-16-6-7-19-18(14-16)8-13-24-19/h6-7,14,17H,1-5,8-13,15H2. The minimum absolute atomic E-state index is 0.307. The monoisotopic (exact) mass is 328 g/mol.